The first-order valence-electron chi connectivity index (χ1n) is 7.61. The summed E-state index contributed by atoms with van der Waals surface area (Å²) in [4.78, 5) is 46.0. The monoisotopic (exact) mass is 353 g/mol. The summed E-state index contributed by atoms with van der Waals surface area (Å²) in [5.74, 6) is -2.72. The van der Waals surface area contributed by atoms with E-state index in [4.69, 9.17) is 0 Å². The Hall–Kier alpha value is -2.97. The second-order valence-corrected chi connectivity index (χ2v) is 5.18. The third-order valence-corrected chi connectivity index (χ3v) is 3.11. The van der Waals surface area contributed by atoms with Gasteiger partial charge in [-0.25, -0.2) is 9.18 Å². The van der Waals surface area contributed by atoms with E-state index in [9.17, 15) is 23.6 Å². The maximum atomic E-state index is 12.7. The number of halogens is 1. The molecule has 0 saturated carbocycles. The second-order valence-electron chi connectivity index (χ2n) is 5.18. The summed E-state index contributed by atoms with van der Waals surface area (Å²) in [5.41, 5.74) is 0.175. The summed E-state index contributed by atoms with van der Waals surface area (Å²) in [6.07, 6.45) is 0.699. The summed E-state index contributed by atoms with van der Waals surface area (Å²) in [7, 11) is 0. The van der Waals surface area contributed by atoms with Gasteiger partial charge in [0.05, 0.1) is 0 Å². The third-order valence-electron chi connectivity index (χ3n) is 3.11. The number of hydrogen-bond donors (Lipinski definition) is 3. The summed E-state index contributed by atoms with van der Waals surface area (Å²) in [6.45, 7) is 2.52. The Kier molecular flexibility index (Phi) is 8.04. The molecule has 0 radical (unpaired) electrons. The quantitative estimate of drug-likeness (QED) is 0.625. The van der Waals surface area contributed by atoms with Crippen molar-refractivity contribution in [1.29, 1.82) is 0 Å². The van der Waals surface area contributed by atoms with E-state index < -0.39 is 42.8 Å². The van der Waals surface area contributed by atoms with Gasteiger partial charge in [0.1, 0.15) is 12.4 Å². The minimum atomic E-state index is -0.854. The molecular formula is C16H20FN3O5. The number of benzene rings is 1. The molecule has 0 bridgehead atoms. The Bertz CT molecular complexity index is 633. The number of carbonyl (C=O) groups excluding carboxylic acids is 4. The van der Waals surface area contributed by atoms with Crippen LogP contribution < -0.4 is 16.0 Å². The van der Waals surface area contributed by atoms with Gasteiger partial charge in [-0.1, -0.05) is 6.92 Å². The van der Waals surface area contributed by atoms with Crippen molar-refractivity contribution in [3.63, 3.8) is 0 Å². The number of amides is 4. The Labute approximate surface area is 144 Å². The molecule has 1 aromatic rings. The molecule has 9 heteroatoms. The molecule has 25 heavy (non-hydrogen) atoms. The van der Waals surface area contributed by atoms with E-state index in [1.165, 1.54) is 12.1 Å². The fourth-order valence-corrected chi connectivity index (χ4v) is 1.58. The van der Waals surface area contributed by atoms with Gasteiger partial charge in [-0.2, -0.15) is 0 Å². The normalized spacial score (nSPS) is 11.2. The van der Waals surface area contributed by atoms with Gasteiger partial charge in [0.15, 0.2) is 6.61 Å². The standard InChI is InChI=1S/C16H20FN3O5/c1-3-10(2)19-16(24)20-13(21)9-25-14(22)8-18-15(23)11-4-6-12(17)7-5-11/h4-7,10H,3,8-9H2,1-2H3,(H,18,23)(H2,19,20,21,24)/t10-/m0/s1. The summed E-state index contributed by atoms with van der Waals surface area (Å²) >= 11 is 0. The van der Waals surface area contributed by atoms with Crippen molar-refractivity contribution in [3.05, 3.63) is 35.6 Å². The number of ether oxygens (including phenoxy) is 1. The van der Waals surface area contributed by atoms with Gasteiger partial charge in [0.25, 0.3) is 11.8 Å². The van der Waals surface area contributed by atoms with Crippen LogP contribution >= 0.6 is 0 Å². The van der Waals surface area contributed by atoms with Crippen LogP contribution in [0.1, 0.15) is 30.6 Å². The number of carbonyl (C=O) groups is 4. The molecule has 0 heterocycles. The predicted octanol–water partition coefficient (Wildman–Crippen LogP) is 0.723. The van der Waals surface area contributed by atoms with Crippen LogP contribution in [-0.4, -0.2) is 43.0 Å². The van der Waals surface area contributed by atoms with Crippen LogP contribution in [0.2, 0.25) is 0 Å². The van der Waals surface area contributed by atoms with Crippen molar-refractivity contribution < 1.29 is 28.3 Å². The zero-order chi connectivity index (χ0) is 18.8. The molecule has 0 aliphatic rings. The number of esters is 1. The van der Waals surface area contributed by atoms with Crippen molar-refractivity contribution in [2.24, 2.45) is 0 Å². The smallest absolute Gasteiger partial charge is 0.325 e. The van der Waals surface area contributed by atoms with E-state index in [0.29, 0.717) is 6.42 Å². The lowest BCUT2D eigenvalue weighted by molar-refractivity contribution is -0.147. The Morgan fingerprint density at radius 3 is 2.40 bits per heavy atom. The van der Waals surface area contributed by atoms with Crippen LogP contribution in [0.25, 0.3) is 0 Å². The van der Waals surface area contributed by atoms with Crippen LogP contribution in [0, 0.1) is 5.82 Å². The number of nitrogens with one attached hydrogen (secondary N) is 3. The van der Waals surface area contributed by atoms with Crippen LogP contribution in [0.15, 0.2) is 24.3 Å². The minimum Gasteiger partial charge on any atom is -0.454 e. The van der Waals surface area contributed by atoms with Crippen molar-refractivity contribution in [3.8, 4) is 0 Å². The van der Waals surface area contributed by atoms with Crippen LogP contribution in [0.5, 0.6) is 0 Å². The van der Waals surface area contributed by atoms with Crippen LogP contribution in [0.4, 0.5) is 9.18 Å². The van der Waals surface area contributed by atoms with E-state index in [2.05, 4.69) is 15.4 Å². The topological polar surface area (TPSA) is 114 Å². The van der Waals surface area contributed by atoms with Gasteiger partial charge in [0, 0.05) is 11.6 Å². The molecule has 0 unspecified atom stereocenters. The van der Waals surface area contributed by atoms with Gasteiger partial charge >= 0.3 is 12.0 Å². The summed E-state index contributed by atoms with van der Waals surface area (Å²) in [6, 6.07) is 3.97. The van der Waals surface area contributed by atoms with E-state index in [0.717, 1.165) is 12.1 Å². The average molecular weight is 353 g/mol. The van der Waals surface area contributed by atoms with E-state index in [1.54, 1.807) is 6.92 Å². The predicted molar refractivity (Wildman–Crippen MR) is 86.1 cm³/mol. The molecule has 0 aromatic heterocycles. The van der Waals surface area contributed by atoms with Gasteiger partial charge < -0.3 is 15.4 Å². The molecule has 3 N–H and O–H groups in total. The maximum absolute atomic E-state index is 12.7. The van der Waals surface area contributed by atoms with Crippen molar-refractivity contribution in [2.75, 3.05) is 13.2 Å². The Morgan fingerprint density at radius 1 is 1.16 bits per heavy atom. The Morgan fingerprint density at radius 2 is 1.80 bits per heavy atom. The number of rotatable bonds is 7. The molecule has 0 spiro atoms. The lowest BCUT2D eigenvalue weighted by atomic mass is 10.2. The first kappa shape index (κ1) is 20.1. The molecule has 1 rings (SSSR count). The molecule has 1 aromatic carbocycles. The summed E-state index contributed by atoms with van der Waals surface area (Å²) in [5, 5.41) is 6.79. The fraction of sp³-hybridized carbons (Fsp3) is 0.375. The first-order valence-corrected chi connectivity index (χ1v) is 7.61. The molecule has 136 valence electrons. The van der Waals surface area contributed by atoms with E-state index in [-0.39, 0.29) is 11.6 Å². The molecule has 4 amide bonds. The lowest BCUT2D eigenvalue weighted by Gasteiger charge is -2.11. The minimum absolute atomic E-state index is 0.1000. The lowest BCUT2D eigenvalue weighted by Crippen LogP contribution is -2.45. The molecule has 0 saturated heterocycles. The number of imide groups is 1. The molecule has 8 nitrogen and oxygen atoms in total. The van der Waals surface area contributed by atoms with Gasteiger partial charge in [-0.05, 0) is 37.6 Å². The molecule has 0 aliphatic carbocycles. The van der Waals surface area contributed by atoms with Crippen molar-refractivity contribution >= 4 is 23.8 Å². The largest absolute Gasteiger partial charge is 0.454 e. The second kappa shape index (κ2) is 10.0. The zero-order valence-corrected chi connectivity index (χ0v) is 13.9. The third kappa shape index (κ3) is 7.91. The first-order chi connectivity index (χ1) is 11.8. The summed E-state index contributed by atoms with van der Waals surface area (Å²) < 4.78 is 17.4. The highest BCUT2D eigenvalue weighted by Gasteiger charge is 2.13. The van der Waals surface area contributed by atoms with Crippen LogP contribution in [0.3, 0.4) is 0 Å². The van der Waals surface area contributed by atoms with Crippen molar-refractivity contribution in [1.82, 2.24) is 16.0 Å². The highest BCUT2D eigenvalue weighted by Crippen LogP contribution is 2.02. The fourth-order valence-electron chi connectivity index (χ4n) is 1.58. The van der Waals surface area contributed by atoms with E-state index >= 15 is 0 Å². The molecule has 0 aliphatic heterocycles. The maximum Gasteiger partial charge on any atom is 0.325 e. The van der Waals surface area contributed by atoms with E-state index in [1.807, 2.05) is 12.2 Å². The van der Waals surface area contributed by atoms with Gasteiger partial charge in [0.2, 0.25) is 0 Å². The van der Waals surface area contributed by atoms with Crippen LogP contribution in [-0.2, 0) is 14.3 Å². The SMILES string of the molecule is CC[C@H](C)NC(=O)NC(=O)COC(=O)CNC(=O)c1ccc(F)cc1. The molecule has 0 fully saturated rings. The highest BCUT2D eigenvalue weighted by atomic mass is 19.1. The highest BCUT2D eigenvalue weighted by molar-refractivity contribution is 5.97. The zero-order valence-electron chi connectivity index (χ0n) is 13.9. The van der Waals surface area contributed by atoms with Gasteiger partial charge in [-0.15, -0.1) is 0 Å². The van der Waals surface area contributed by atoms with Crippen molar-refractivity contribution in [2.45, 2.75) is 26.3 Å². The van der Waals surface area contributed by atoms with Gasteiger partial charge in [-0.3, -0.25) is 19.7 Å². The molecule has 1 atom stereocenters. The average Bonchev–Trinajstić information content (AvgIpc) is 2.58. The molecular weight excluding hydrogens is 333 g/mol. The number of hydrogen-bond acceptors (Lipinski definition) is 5. The Balaban J connectivity index is 2.28. The number of urea groups is 1.